The van der Waals surface area contributed by atoms with Gasteiger partial charge in [-0.3, -0.25) is 10.1 Å². The number of nitro groups is 1. The van der Waals surface area contributed by atoms with Crippen molar-refractivity contribution in [3.8, 4) is 6.07 Å². The first-order chi connectivity index (χ1) is 9.40. The molecule has 1 saturated heterocycles. The number of carboxylic acids is 1. The van der Waals surface area contributed by atoms with E-state index in [0.29, 0.717) is 19.4 Å². The van der Waals surface area contributed by atoms with E-state index in [0.717, 1.165) is 0 Å². The van der Waals surface area contributed by atoms with Crippen molar-refractivity contribution in [2.75, 3.05) is 11.4 Å². The highest BCUT2D eigenvalue weighted by Crippen LogP contribution is 2.34. The van der Waals surface area contributed by atoms with Gasteiger partial charge in [-0.25, -0.2) is 9.78 Å². The van der Waals surface area contributed by atoms with Gasteiger partial charge in [-0.2, -0.15) is 5.26 Å². The molecule has 1 unspecified atom stereocenters. The quantitative estimate of drug-likeness (QED) is 0.652. The monoisotopic (exact) mass is 276 g/mol. The number of nitriles is 1. The predicted molar refractivity (Wildman–Crippen MR) is 68.2 cm³/mol. The molecule has 1 atom stereocenters. The summed E-state index contributed by atoms with van der Waals surface area (Å²) in [6.45, 7) is 2.07. The third kappa shape index (κ3) is 2.03. The molecule has 0 aromatic carbocycles. The first kappa shape index (κ1) is 13.7. The SMILES string of the molecule is CC1(C(=O)O)CCCN1c1ccc([N+](=O)[O-])c(C#N)n1. The average molecular weight is 276 g/mol. The molecule has 1 N–H and O–H groups in total. The number of hydrogen-bond donors (Lipinski definition) is 1. The van der Waals surface area contributed by atoms with Crippen LogP contribution in [0.4, 0.5) is 11.5 Å². The Bertz CT molecular complexity index is 624. The third-order valence-corrected chi connectivity index (χ3v) is 3.54. The second-order valence-electron chi connectivity index (χ2n) is 4.74. The summed E-state index contributed by atoms with van der Waals surface area (Å²) in [5.41, 5.74) is -1.80. The number of pyridine rings is 1. The van der Waals surface area contributed by atoms with Crippen LogP contribution in [-0.2, 0) is 4.79 Å². The number of rotatable bonds is 3. The fourth-order valence-corrected chi connectivity index (χ4v) is 2.37. The van der Waals surface area contributed by atoms with Crippen molar-refractivity contribution in [2.45, 2.75) is 25.3 Å². The molecule has 20 heavy (non-hydrogen) atoms. The predicted octanol–water partition coefficient (Wildman–Crippen LogP) is 1.30. The van der Waals surface area contributed by atoms with Gasteiger partial charge in [0.15, 0.2) is 0 Å². The maximum atomic E-state index is 11.4. The highest BCUT2D eigenvalue weighted by Gasteiger charge is 2.44. The van der Waals surface area contributed by atoms with Crippen LogP contribution in [0.3, 0.4) is 0 Å². The Hall–Kier alpha value is -2.69. The summed E-state index contributed by atoms with van der Waals surface area (Å²) in [5, 5.41) is 29.0. The van der Waals surface area contributed by atoms with Gasteiger partial charge < -0.3 is 10.0 Å². The van der Waals surface area contributed by atoms with Crippen LogP contribution in [0.2, 0.25) is 0 Å². The minimum atomic E-state index is -1.10. The Morgan fingerprint density at radius 2 is 2.35 bits per heavy atom. The highest BCUT2D eigenvalue weighted by atomic mass is 16.6. The van der Waals surface area contributed by atoms with Crippen LogP contribution < -0.4 is 4.90 Å². The lowest BCUT2D eigenvalue weighted by Crippen LogP contribution is -2.48. The number of nitrogens with zero attached hydrogens (tertiary/aromatic N) is 4. The zero-order chi connectivity index (χ0) is 14.9. The largest absolute Gasteiger partial charge is 0.480 e. The summed E-state index contributed by atoms with van der Waals surface area (Å²) in [4.78, 5) is 27.0. The maximum Gasteiger partial charge on any atom is 0.329 e. The molecule has 1 aromatic rings. The number of hydrogen-bond acceptors (Lipinski definition) is 6. The van der Waals surface area contributed by atoms with Gasteiger partial charge in [0.05, 0.1) is 4.92 Å². The second-order valence-corrected chi connectivity index (χ2v) is 4.74. The molecular formula is C12H12N4O4. The molecule has 104 valence electrons. The van der Waals surface area contributed by atoms with Crippen LogP contribution in [0.15, 0.2) is 12.1 Å². The summed E-state index contributed by atoms with van der Waals surface area (Å²) in [6.07, 6.45) is 1.15. The topological polar surface area (TPSA) is 120 Å². The first-order valence-electron chi connectivity index (χ1n) is 5.96. The lowest BCUT2D eigenvalue weighted by atomic mass is 9.99. The molecule has 0 spiro atoms. The Kier molecular flexibility index (Phi) is 3.28. The van der Waals surface area contributed by atoms with Crippen LogP contribution in [0.1, 0.15) is 25.5 Å². The number of carbonyl (C=O) groups is 1. The zero-order valence-electron chi connectivity index (χ0n) is 10.7. The zero-order valence-corrected chi connectivity index (χ0v) is 10.7. The van der Waals surface area contributed by atoms with Crippen molar-refractivity contribution in [3.63, 3.8) is 0 Å². The van der Waals surface area contributed by atoms with Crippen LogP contribution in [0.5, 0.6) is 0 Å². The van der Waals surface area contributed by atoms with Gasteiger partial charge in [0.25, 0.3) is 0 Å². The Labute approximate surface area is 114 Å². The van der Waals surface area contributed by atoms with E-state index < -0.39 is 16.4 Å². The van der Waals surface area contributed by atoms with Crippen LogP contribution >= 0.6 is 0 Å². The minimum Gasteiger partial charge on any atom is -0.480 e. The summed E-state index contributed by atoms with van der Waals surface area (Å²) >= 11 is 0. The average Bonchev–Trinajstić information content (AvgIpc) is 2.81. The van der Waals surface area contributed by atoms with Gasteiger partial charge >= 0.3 is 11.7 Å². The van der Waals surface area contributed by atoms with Crippen molar-refractivity contribution in [2.24, 2.45) is 0 Å². The van der Waals surface area contributed by atoms with E-state index in [-0.39, 0.29) is 17.2 Å². The third-order valence-electron chi connectivity index (χ3n) is 3.54. The van der Waals surface area contributed by atoms with Crippen LogP contribution in [0, 0.1) is 21.4 Å². The lowest BCUT2D eigenvalue weighted by molar-refractivity contribution is -0.385. The number of carboxylic acid groups (broad SMARTS) is 1. The molecule has 8 heteroatoms. The van der Waals surface area contributed by atoms with Gasteiger partial charge in [0.2, 0.25) is 5.69 Å². The molecule has 1 aromatic heterocycles. The van der Waals surface area contributed by atoms with Crippen LogP contribution in [-0.4, -0.2) is 33.1 Å². The highest BCUT2D eigenvalue weighted by molar-refractivity contribution is 5.83. The molecule has 1 aliphatic heterocycles. The molecule has 0 radical (unpaired) electrons. The molecule has 2 rings (SSSR count). The summed E-state index contributed by atoms with van der Waals surface area (Å²) < 4.78 is 0. The fourth-order valence-electron chi connectivity index (χ4n) is 2.37. The van der Waals surface area contributed by atoms with E-state index in [9.17, 15) is 20.0 Å². The summed E-state index contributed by atoms with van der Waals surface area (Å²) in [6, 6.07) is 4.23. The molecule has 1 fully saturated rings. The number of aromatic nitrogens is 1. The standard InChI is InChI=1S/C12H12N4O4/c1-12(11(17)18)5-2-6-15(12)10-4-3-9(16(19)20)8(7-13)14-10/h3-4H,2,5-6H2,1H3,(H,17,18). The summed E-state index contributed by atoms with van der Waals surface area (Å²) in [5.74, 6) is -0.705. The van der Waals surface area contributed by atoms with Gasteiger partial charge in [-0.1, -0.05) is 0 Å². The van der Waals surface area contributed by atoms with Crippen molar-refractivity contribution >= 4 is 17.5 Å². The van der Waals surface area contributed by atoms with E-state index in [1.807, 2.05) is 0 Å². The summed E-state index contributed by atoms with van der Waals surface area (Å²) in [7, 11) is 0. The molecule has 0 amide bonds. The van der Waals surface area contributed by atoms with E-state index in [1.165, 1.54) is 12.1 Å². The fraction of sp³-hybridized carbons (Fsp3) is 0.417. The molecule has 0 bridgehead atoms. The first-order valence-corrected chi connectivity index (χ1v) is 5.96. The van der Waals surface area contributed by atoms with Gasteiger partial charge in [-0.05, 0) is 25.8 Å². The Morgan fingerprint density at radius 3 is 2.90 bits per heavy atom. The van der Waals surface area contributed by atoms with Crippen molar-refractivity contribution in [1.29, 1.82) is 5.26 Å². The van der Waals surface area contributed by atoms with Gasteiger partial charge in [0.1, 0.15) is 17.4 Å². The van der Waals surface area contributed by atoms with Gasteiger partial charge in [0, 0.05) is 12.6 Å². The van der Waals surface area contributed by atoms with E-state index in [1.54, 1.807) is 17.9 Å². The van der Waals surface area contributed by atoms with Crippen LogP contribution in [0.25, 0.3) is 0 Å². The maximum absolute atomic E-state index is 11.4. The second kappa shape index (κ2) is 4.77. The smallest absolute Gasteiger partial charge is 0.329 e. The molecule has 8 nitrogen and oxygen atoms in total. The molecule has 0 aliphatic carbocycles. The minimum absolute atomic E-state index is 0.273. The van der Waals surface area contributed by atoms with E-state index in [2.05, 4.69) is 4.98 Å². The molecular weight excluding hydrogens is 264 g/mol. The van der Waals surface area contributed by atoms with Gasteiger partial charge in [-0.15, -0.1) is 0 Å². The van der Waals surface area contributed by atoms with Crippen molar-refractivity contribution < 1.29 is 14.8 Å². The number of aliphatic carboxylic acids is 1. The Morgan fingerprint density at radius 1 is 1.65 bits per heavy atom. The van der Waals surface area contributed by atoms with E-state index >= 15 is 0 Å². The number of anilines is 1. The van der Waals surface area contributed by atoms with Crippen molar-refractivity contribution in [3.05, 3.63) is 27.9 Å². The lowest BCUT2D eigenvalue weighted by Gasteiger charge is -2.32. The normalized spacial score (nSPS) is 21.5. The molecule has 2 heterocycles. The van der Waals surface area contributed by atoms with Crippen molar-refractivity contribution in [1.82, 2.24) is 4.98 Å². The molecule has 1 aliphatic rings. The van der Waals surface area contributed by atoms with E-state index in [4.69, 9.17) is 5.26 Å². The molecule has 0 saturated carbocycles. The Balaban J connectivity index is 2.47.